The van der Waals surface area contributed by atoms with Crippen molar-refractivity contribution in [1.29, 1.82) is 0 Å². The van der Waals surface area contributed by atoms with Gasteiger partial charge in [0.05, 0.1) is 44.8 Å². The molecule has 1 aromatic rings. The Hall–Kier alpha value is -2.45. The van der Waals surface area contributed by atoms with E-state index in [0.29, 0.717) is 76.2 Å². The quantitative estimate of drug-likeness (QED) is 0.0236. The molecule has 18 unspecified atom stereocenters. The van der Waals surface area contributed by atoms with Crippen LogP contribution in [0.2, 0.25) is 0 Å². The van der Waals surface area contributed by atoms with E-state index in [1.807, 2.05) is 27.7 Å². The lowest BCUT2D eigenvalue weighted by atomic mass is 9.71. The third-order valence-electron chi connectivity index (χ3n) is 13.3. The maximum atomic E-state index is 11.5. The summed E-state index contributed by atoms with van der Waals surface area (Å²) in [6, 6.07) is 0. The first-order valence-electron chi connectivity index (χ1n) is 26.5. The molecule has 3 saturated heterocycles. The largest absolute Gasteiger partial charge is 0.396 e. The van der Waals surface area contributed by atoms with Gasteiger partial charge in [0.2, 0.25) is 0 Å². The molecular formula is C47H97N3O34S. The first-order chi connectivity index (χ1) is 40.6. The number of rotatable bonds is 27. The highest BCUT2D eigenvalue weighted by molar-refractivity contribution is 7.99. The second-order valence-electron chi connectivity index (χ2n) is 19.6. The fourth-order valence-electron chi connectivity index (χ4n) is 8.33. The van der Waals surface area contributed by atoms with Crippen molar-refractivity contribution in [3.05, 3.63) is 11.9 Å². The Bertz CT molecular complexity index is 1620. The number of carbonyl (C=O) groups excluding carboxylic acids is 2. The van der Waals surface area contributed by atoms with E-state index in [2.05, 4.69) is 15.4 Å². The summed E-state index contributed by atoms with van der Waals surface area (Å²) in [5.41, 5.74) is -0.0593. The highest BCUT2D eigenvalue weighted by Crippen LogP contribution is 2.35. The first kappa shape index (κ1) is 89.0. The van der Waals surface area contributed by atoms with Crippen LogP contribution in [0.4, 0.5) is 0 Å². The van der Waals surface area contributed by atoms with Gasteiger partial charge in [-0.15, -0.1) is 16.9 Å². The number of hydrogen-bond acceptors (Lipinski definition) is 37. The van der Waals surface area contributed by atoms with Crippen LogP contribution in [0.25, 0.3) is 0 Å². The molecule has 0 spiro atoms. The molecule has 4 aliphatic rings. The molecule has 3 aliphatic heterocycles. The van der Waals surface area contributed by atoms with Gasteiger partial charge in [0, 0.05) is 57.0 Å². The number of aliphatic hydroxyl groups is 14. The summed E-state index contributed by atoms with van der Waals surface area (Å²) in [4.78, 5) is 22.9. The van der Waals surface area contributed by atoms with Gasteiger partial charge in [-0.3, -0.25) is 66.8 Å². The molecule has 38 heteroatoms. The third kappa shape index (κ3) is 33.8. The van der Waals surface area contributed by atoms with E-state index in [1.165, 1.54) is 11.8 Å². The predicted octanol–water partition coefficient (Wildman–Crippen LogP) is -3.05. The summed E-state index contributed by atoms with van der Waals surface area (Å²) in [5.74, 6) is 1.23. The summed E-state index contributed by atoms with van der Waals surface area (Å²) in [5, 5.41) is 218. The van der Waals surface area contributed by atoms with Gasteiger partial charge in [-0.1, -0.05) is 50.8 Å². The van der Waals surface area contributed by atoms with Gasteiger partial charge >= 0.3 is 0 Å². The van der Waals surface area contributed by atoms with Crippen LogP contribution < -0.4 is 0 Å². The number of thioether (sulfide) groups is 1. The zero-order valence-corrected chi connectivity index (χ0v) is 48.5. The topological polar surface area (TPSA) is 646 Å². The molecule has 5 rings (SSSR count). The third-order valence-corrected chi connectivity index (χ3v) is 14.6. The van der Waals surface area contributed by atoms with Crippen molar-refractivity contribution in [2.75, 3.05) is 45.4 Å². The summed E-state index contributed by atoms with van der Waals surface area (Å²) in [6.45, 7) is 7.74. The Morgan fingerprint density at radius 1 is 0.576 bits per heavy atom. The molecule has 1 aliphatic carbocycles. The Kier molecular flexibility index (Phi) is 57.0. The van der Waals surface area contributed by atoms with Gasteiger partial charge in [-0.2, -0.15) is 0 Å². The van der Waals surface area contributed by atoms with E-state index in [1.54, 1.807) is 10.9 Å². The molecular weight excluding hydrogens is 1180 g/mol. The van der Waals surface area contributed by atoms with Gasteiger partial charge < -0.3 is 95.2 Å². The zero-order chi connectivity index (χ0) is 66.4. The Balaban J connectivity index is -0.000000536. The number of carbonyl (C=O) groups is 2. The van der Waals surface area contributed by atoms with Crippen LogP contribution in [-0.4, -0.2) is 304 Å². The molecule has 26 N–H and O–H groups in total. The minimum absolute atomic E-state index is 0.00934. The molecule has 4 heterocycles. The lowest BCUT2D eigenvalue weighted by molar-refractivity contribution is -0.465. The van der Waals surface area contributed by atoms with Gasteiger partial charge in [-0.25, -0.2) is 10.5 Å². The van der Waals surface area contributed by atoms with Crippen LogP contribution in [0.1, 0.15) is 97.6 Å². The van der Waals surface area contributed by atoms with Gasteiger partial charge in [0.1, 0.15) is 95.9 Å². The van der Waals surface area contributed by atoms with Crippen LogP contribution in [0.3, 0.4) is 0 Å². The van der Waals surface area contributed by atoms with Crippen LogP contribution in [0, 0.1) is 23.7 Å². The van der Waals surface area contributed by atoms with Crippen molar-refractivity contribution >= 4 is 23.3 Å². The number of ether oxygens (including phenoxy) is 5. The van der Waals surface area contributed by atoms with Crippen molar-refractivity contribution in [1.82, 2.24) is 15.0 Å². The molecule has 37 nitrogen and oxygen atoms in total. The Labute approximate surface area is 493 Å². The molecule has 4 fully saturated rings. The number of ketones is 2. The van der Waals surface area contributed by atoms with E-state index in [4.69, 9.17) is 97.0 Å². The predicted molar refractivity (Wildman–Crippen MR) is 288 cm³/mol. The summed E-state index contributed by atoms with van der Waals surface area (Å²) in [7, 11) is 0. The summed E-state index contributed by atoms with van der Waals surface area (Å²) >= 11 is 1.29. The Morgan fingerprint density at radius 2 is 1.04 bits per heavy atom. The second kappa shape index (κ2) is 54.5. The van der Waals surface area contributed by atoms with Crippen molar-refractivity contribution < 1.29 is 173 Å². The van der Waals surface area contributed by atoms with Crippen LogP contribution in [-0.2, 0) is 51.5 Å². The van der Waals surface area contributed by atoms with Crippen LogP contribution in [0.5, 0.6) is 0 Å². The summed E-state index contributed by atoms with van der Waals surface area (Å²) < 4.78 is 28.6. The summed E-state index contributed by atoms with van der Waals surface area (Å²) in [6.07, 6.45) is -8.36. The fourth-order valence-corrected chi connectivity index (χ4v) is 9.43. The lowest BCUT2D eigenvalue weighted by Gasteiger charge is -2.40. The molecule has 0 bridgehead atoms. The minimum Gasteiger partial charge on any atom is -0.396 e. The molecule has 85 heavy (non-hydrogen) atoms. The smallest absolute Gasteiger partial charge is 0.186 e. The second-order valence-corrected chi connectivity index (χ2v) is 20.8. The standard InChI is InChI=1S/C18H31N3O8S.C15H28O6.C14H26O7.H2O3.5H2O2/c22-7-10-4-13(24)12(10)6-21-5-11(19-20-21)9-28-2-1-3-30-18-17(27)16(26)15(25)14(8-23)29-18;1-9(2)10(17)6-4-3-5-7-11-13(18)15(20)14(19)12(8-16)21-11;1-8(2)9(16)5-3-4-6-20-14-13(19)12(18)11(17)10(7-15)21-14;1-3-2;5*1-2/h5,10,12-18,22-27H,1-4,6-9H2;9,11-16,18-20H,3-8H2,1-2H3;8,10-15,17-19H,3-7H2,1-2H3;1-2H;5*1-2H. The fraction of sp³-hybridized carbons (Fsp3) is 0.915. The normalized spacial score (nSPS) is 30.0. The van der Waals surface area contributed by atoms with Crippen LogP contribution in [0.15, 0.2) is 6.20 Å². The molecule has 510 valence electrons. The Morgan fingerprint density at radius 3 is 1.52 bits per heavy atom. The van der Waals surface area contributed by atoms with E-state index >= 15 is 0 Å². The molecule has 0 radical (unpaired) electrons. The highest BCUT2D eigenvalue weighted by Gasteiger charge is 2.46. The van der Waals surface area contributed by atoms with E-state index in [0.717, 1.165) is 19.3 Å². The van der Waals surface area contributed by atoms with Crippen molar-refractivity contribution in [3.8, 4) is 0 Å². The van der Waals surface area contributed by atoms with E-state index < -0.39 is 117 Å². The monoisotopic (exact) mass is 1280 g/mol. The number of aromatic nitrogens is 3. The maximum Gasteiger partial charge on any atom is 0.186 e. The van der Waals surface area contributed by atoms with Gasteiger partial charge in [0.15, 0.2) is 6.29 Å². The molecule has 1 saturated carbocycles. The number of Topliss-reactive ketones (excluding diaryl/α,β-unsaturated/α-hetero) is 2. The number of nitrogens with zero attached hydrogens (tertiary/aromatic N) is 3. The number of unbranched alkanes of at least 4 members (excludes halogenated alkanes) is 3. The van der Waals surface area contributed by atoms with Gasteiger partial charge in [-0.05, 0) is 50.2 Å². The average Bonchev–Trinajstić information content (AvgIpc) is 4.16. The molecule has 18 atom stereocenters. The van der Waals surface area contributed by atoms with Crippen molar-refractivity contribution in [2.45, 2.75) is 202 Å². The molecule has 1 aromatic heterocycles. The van der Waals surface area contributed by atoms with E-state index in [9.17, 15) is 70.9 Å². The first-order valence-corrected chi connectivity index (χ1v) is 27.6. The average molecular weight is 1280 g/mol. The van der Waals surface area contributed by atoms with Gasteiger partial charge in [0.25, 0.3) is 0 Å². The molecule has 0 amide bonds. The lowest BCUT2D eigenvalue weighted by Crippen LogP contribution is -2.59. The van der Waals surface area contributed by atoms with Crippen LogP contribution >= 0.6 is 11.8 Å². The number of aliphatic hydroxyl groups excluding tert-OH is 14. The van der Waals surface area contributed by atoms with E-state index in [-0.39, 0.29) is 48.5 Å². The maximum absolute atomic E-state index is 11.5. The highest BCUT2D eigenvalue weighted by atomic mass is 32.2. The van der Waals surface area contributed by atoms with Crippen molar-refractivity contribution in [3.63, 3.8) is 0 Å². The number of hydrogen-bond donors (Lipinski definition) is 26. The molecule has 0 aromatic carbocycles. The zero-order valence-electron chi connectivity index (χ0n) is 47.7. The van der Waals surface area contributed by atoms with Crippen molar-refractivity contribution in [2.24, 2.45) is 23.7 Å². The minimum atomic E-state index is -1.43. The SMILES string of the molecule is CC(C)C(=O)CCCCCC1OC(CO)C(O)C(O)C1O.CC(C)C(=O)CCCCOC1OC(CO)C(O)C(O)C1O.OCC1CC(O)C1Cn1cc(COCCCSC2OC(CO)C(O)C(O)C2O)nn1.OO.OO.OO.OO.OO.OOO.